The van der Waals surface area contributed by atoms with Crippen molar-refractivity contribution < 1.29 is 4.79 Å². The van der Waals surface area contributed by atoms with Gasteiger partial charge in [0.15, 0.2) is 0 Å². The lowest BCUT2D eigenvalue weighted by molar-refractivity contribution is 0.0942. The van der Waals surface area contributed by atoms with Gasteiger partial charge in [-0.3, -0.25) is 9.78 Å². The second-order valence-electron chi connectivity index (χ2n) is 5.60. The number of pyridine rings is 1. The second kappa shape index (κ2) is 5.61. The summed E-state index contributed by atoms with van der Waals surface area (Å²) in [6.45, 7) is 1.91. The Morgan fingerprint density at radius 1 is 1.25 bits per heavy atom. The monoisotopic (exact) mass is 338 g/mol. The van der Waals surface area contributed by atoms with E-state index in [4.69, 9.17) is 0 Å². The van der Waals surface area contributed by atoms with Crippen molar-refractivity contribution >= 4 is 38.4 Å². The molecule has 0 aliphatic rings. The Morgan fingerprint density at radius 3 is 2.96 bits per heavy atom. The first-order valence-electron chi connectivity index (χ1n) is 7.46. The molecule has 7 heteroatoms. The third kappa shape index (κ3) is 2.48. The van der Waals surface area contributed by atoms with Crippen LogP contribution in [0.15, 0.2) is 46.8 Å². The number of rotatable bonds is 3. The molecule has 0 spiro atoms. The van der Waals surface area contributed by atoms with E-state index in [1.165, 1.54) is 11.3 Å². The van der Waals surface area contributed by atoms with Crippen LogP contribution < -0.4 is 11.0 Å². The van der Waals surface area contributed by atoms with E-state index in [9.17, 15) is 9.59 Å². The molecule has 3 N–H and O–H groups in total. The zero-order chi connectivity index (χ0) is 16.7. The van der Waals surface area contributed by atoms with Crippen LogP contribution in [-0.4, -0.2) is 20.9 Å². The minimum atomic E-state index is -0.240. The molecule has 3 aromatic heterocycles. The number of nitrogens with zero attached hydrogens (tertiary/aromatic N) is 1. The van der Waals surface area contributed by atoms with Gasteiger partial charge in [0.25, 0.3) is 5.91 Å². The van der Waals surface area contributed by atoms with Crippen LogP contribution in [0.1, 0.15) is 28.9 Å². The normalized spacial score (nSPS) is 12.5. The fraction of sp³-hybridized carbons (Fsp3) is 0.118. The number of hydrogen-bond acceptors (Lipinski definition) is 4. The molecule has 4 aromatic rings. The highest BCUT2D eigenvalue weighted by Gasteiger charge is 2.16. The molecule has 4 rings (SSSR count). The van der Waals surface area contributed by atoms with Crippen molar-refractivity contribution in [3.63, 3.8) is 0 Å². The Morgan fingerprint density at radius 2 is 2.08 bits per heavy atom. The van der Waals surface area contributed by atoms with Gasteiger partial charge < -0.3 is 15.3 Å². The molecule has 24 heavy (non-hydrogen) atoms. The second-order valence-corrected chi connectivity index (χ2v) is 6.51. The smallest absolute Gasteiger partial charge is 0.323 e. The summed E-state index contributed by atoms with van der Waals surface area (Å²) in [6.07, 6.45) is 3.43. The van der Waals surface area contributed by atoms with Crippen molar-refractivity contribution in [1.29, 1.82) is 0 Å². The first kappa shape index (κ1) is 14.6. The van der Waals surface area contributed by atoms with E-state index in [0.717, 1.165) is 26.7 Å². The summed E-state index contributed by atoms with van der Waals surface area (Å²) in [5, 5.41) is 5.71. The van der Waals surface area contributed by atoms with Crippen LogP contribution in [0.25, 0.3) is 21.1 Å². The number of thiophene rings is 1. The maximum atomic E-state index is 12.6. The molecular formula is C17H14N4O2S. The number of fused-ring (bicyclic) bond motifs is 2. The van der Waals surface area contributed by atoms with E-state index in [1.807, 2.05) is 36.6 Å². The molecule has 3 heterocycles. The summed E-state index contributed by atoms with van der Waals surface area (Å²) in [5.41, 5.74) is 2.78. The Bertz CT molecular complexity index is 1110. The van der Waals surface area contributed by atoms with Gasteiger partial charge in [-0.25, -0.2) is 4.79 Å². The van der Waals surface area contributed by atoms with Gasteiger partial charge in [-0.1, -0.05) is 6.07 Å². The molecule has 120 valence electrons. The third-order valence-corrected chi connectivity index (χ3v) is 4.97. The number of hydrogen-bond donors (Lipinski definition) is 3. The van der Waals surface area contributed by atoms with Gasteiger partial charge in [-0.2, -0.15) is 0 Å². The molecule has 0 aliphatic carbocycles. The van der Waals surface area contributed by atoms with Crippen molar-refractivity contribution in [2.24, 2.45) is 0 Å². The van der Waals surface area contributed by atoms with Crippen molar-refractivity contribution in [3.8, 4) is 0 Å². The zero-order valence-electron chi connectivity index (χ0n) is 12.8. The Balaban J connectivity index is 1.61. The number of carbonyl (C=O) groups excluding carboxylic acids is 1. The minimum Gasteiger partial charge on any atom is -0.345 e. The Hall–Kier alpha value is -2.93. The molecule has 1 atom stereocenters. The molecule has 0 radical (unpaired) electrons. The number of aromatic amines is 2. The van der Waals surface area contributed by atoms with E-state index in [2.05, 4.69) is 20.3 Å². The molecule has 0 bridgehead atoms. The summed E-state index contributed by atoms with van der Waals surface area (Å²) in [5.74, 6) is -0.135. The first-order valence-corrected chi connectivity index (χ1v) is 8.34. The van der Waals surface area contributed by atoms with E-state index >= 15 is 0 Å². The quantitative estimate of drug-likeness (QED) is 0.536. The Kier molecular flexibility index (Phi) is 3.42. The fourth-order valence-corrected chi connectivity index (χ4v) is 3.63. The summed E-state index contributed by atoms with van der Waals surface area (Å²) in [6, 6.07) is 7.30. The summed E-state index contributed by atoms with van der Waals surface area (Å²) < 4.78 is 1.04. The zero-order valence-corrected chi connectivity index (χ0v) is 13.6. The van der Waals surface area contributed by atoms with Crippen LogP contribution >= 0.6 is 11.3 Å². The molecule has 1 unspecified atom stereocenters. The van der Waals surface area contributed by atoms with Gasteiger partial charge in [0, 0.05) is 27.9 Å². The topological polar surface area (TPSA) is 90.6 Å². The molecule has 0 fully saturated rings. The molecule has 1 amide bonds. The van der Waals surface area contributed by atoms with Crippen molar-refractivity contribution in [3.05, 3.63) is 63.7 Å². The summed E-state index contributed by atoms with van der Waals surface area (Å²) in [4.78, 5) is 33.4. The number of carbonyl (C=O) groups is 1. The van der Waals surface area contributed by atoms with Gasteiger partial charge in [0.1, 0.15) is 0 Å². The van der Waals surface area contributed by atoms with Crippen molar-refractivity contribution in [1.82, 2.24) is 20.3 Å². The predicted molar refractivity (Wildman–Crippen MR) is 94.4 cm³/mol. The van der Waals surface area contributed by atoms with Gasteiger partial charge >= 0.3 is 5.69 Å². The number of amides is 1. The summed E-state index contributed by atoms with van der Waals surface area (Å²) >= 11 is 1.53. The van der Waals surface area contributed by atoms with Crippen molar-refractivity contribution in [2.75, 3.05) is 0 Å². The van der Waals surface area contributed by atoms with E-state index in [1.54, 1.807) is 12.4 Å². The Labute approximate surface area is 140 Å². The average Bonchev–Trinajstić information content (AvgIpc) is 3.16. The minimum absolute atomic E-state index is 0.135. The van der Waals surface area contributed by atoms with Crippen LogP contribution in [-0.2, 0) is 0 Å². The number of benzene rings is 1. The molecule has 0 saturated carbocycles. The number of nitrogens with one attached hydrogen (secondary N) is 3. The van der Waals surface area contributed by atoms with Crippen LogP contribution in [0.4, 0.5) is 0 Å². The van der Waals surface area contributed by atoms with Crippen LogP contribution in [0.2, 0.25) is 0 Å². The lowest BCUT2D eigenvalue weighted by Gasteiger charge is -2.14. The molecular weight excluding hydrogens is 324 g/mol. The van der Waals surface area contributed by atoms with E-state index in [0.29, 0.717) is 5.56 Å². The molecule has 6 nitrogen and oxygen atoms in total. The highest BCUT2D eigenvalue weighted by atomic mass is 32.1. The molecule has 0 saturated heterocycles. The fourth-order valence-electron chi connectivity index (χ4n) is 2.73. The van der Waals surface area contributed by atoms with Gasteiger partial charge in [0.2, 0.25) is 0 Å². The number of imidazole rings is 1. The van der Waals surface area contributed by atoms with E-state index in [-0.39, 0.29) is 17.6 Å². The highest BCUT2D eigenvalue weighted by Crippen LogP contribution is 2.25. The standard InChI is InChI=1S/C17H14N4O2S/c1-9(10-2-3-13-14(6-10)21-17(23)20-13)19-16(22)12-8-24-15-4-5-18-7-11(12)15/h2-9H,1H3,(H,19,22)(H2,20,21,23). The molecule has 1 aromatic carbocycles. The van der Waals surface area contributed by atoms with Gasteiger partial charge in [-0.15, -0.1) is 11.3 Å². The maximum Gasteiger partial charge on any atom is 0.323 e. The number of aromatic nitrogens is 3. The van der Waals surface area contributed by atoms with E-state index < -0.39 is 0 Å². The van der Waals surface area contributed by atoms with Crippen LogP contribution in [0.5, 0.6) is 0 Å². The van der Waals surface area contributed by atoms with Gasteiger partial charge in [0.05, 0.1) is 22.6 Å². The number of H-pyrrole nitrogens is 2. The summed E-state index contributed by atoms with van der Waals surface area (Å²) in [7, 11) is 0. The lowest BCUT2D eigenvalue weighted by Crippen LogP contribution is -2.26. The highest BCUT2D eigenvalue weighted by molar-refractivity contribution is 7.17. The van der Waals surface area contributed by atoms with Crippen LogP contribution in [0.3, 0.4) is 0 Å². The molecule has 0 aliphatic heterocycles. The SMILES string of the molecule is CC(NC(=O)c1csc2ccncc12)c1ccc2[nH]c(=O)[nH]c2c1. The van der Waals surface area contributed by atoms with Crippen molar-refractivity contribution in [2.45, 2.75) is 13.0 Å². The maximum absolute atomic E-state index is 12.6. The largest absolute Gasteiger partial charge is 0.345 e. The average molecular weight is 338 g/mol. The predicted octanol–water partition coefficient (Wildman–Crippen LogP) is 2.96. The van der Waals surface area contributed by atoms with Crippen LogP contribution in [0, 0.1) is 0 Å². The first-order chi connectivity index (χ1) is 11.6. The third-order valence-electron chi connectivity index (χ3n) is 4.01. The van der Waals surface area contributed by atoms with Gasteiger partial charge in [-0.05, 0) is 30.7 Å². The lowest BCUT2D eigenvalue weighted by atomic mass is 10.1.